The second kappa shape index (κ2) is 11.5. The van der Waals surface area contributed by atoms with Gasteiger partial charge in [0.2, 0.25) is 0 Å². The number of rotatable bonds is 10. The Morgan fingerprint density at radius 3 is 1.38 bits per heavy atom. The van der Waals surface area contributed by atoms with Crippen LogP contribution in [-0.2, 0) is 23.7 Å². The van der Waals surface area contributed by atoms with Crippen LogP contribution < -0.4 is 9.05 Å². The van der Waals surface area contributed by atoms with Crippen molar-refractivity contribution in [2.24, 2.45) is 0 Å². The lowest BCUT2D eigenvalue weighted by Gasteiger charge is -2.25. The number of hydrogen-bond donors (Lipinski definition) is 1. The first kappa shape index (κ1) is 26.7. The normalized spacial score (nSPS) is 12.3. The van der Waals surface area contributed by atoms with E-state index in [-0.39, 0.29) is 10.8 Å². The maximum Gasteiger partial charge on any atom is 0.460 e. The molecule has 4 heteroatoms. The smallest absolute Gasteiger partial charge is 0.418 e. The van der Waals surface area contributed by atoms with Gasteiger partial charge in [0.1, 0.15) is 11.5 Å². The molecular formula is C28H43O3P. The quantitative estimate of drug-likeness (QED) is 0.362. The average Bonchev–Trinajstić information content (AvgIpc) is 2.70. The van der Waals surface area contributed by atoms with Gasteiger partial charge in [-0.05, 0) is 83.0 Å². The molecule has 0 amide bonds. The molecule has 2 aromatic carbocycles. The fraction of sp³-hybridized carbons (Fsp3) is 0.571. The third kappa shape index (κ3) is 7.78. The zero-order valence-electron chi connectivity index (χ0n) is 21.4. The molecule has 178 valence electrons. The van der Waals surface area contributed by atoms with E-state index in [9.17, 15) is 4.89 Å². The summed E-state index contributed by atoms with van der Waals surface area (Å²) in [6.07, 6.45) is 6.81. The van der Waals surface area contributed by atoms with Crippen LogP contribution in [0.4, 0.5) is 0 Å². The topological polar surface area (TPSA) is 38.7 Å². The lowest BCUT2D eigenvalue weighted by atomic mass is 9.82. The number of hydrogen-bond acceptors (Lipinski definition) is 3. The Morgan fingerprint density at radius 2 is 1.06 bits per heavy atom. The highest BCUT2D eigenvalue weighted by molar-refractivity contribution is 7.41. The highest BCUT2D eigenvalue weighted by Gasteiger charge is 2.22. The molecule has 0 radical (unpaired) electrons. The monoisotopic (exact) mass is 458 g/mol. The van der Waals surface area contributed by atoms with Crippen LogP contribution >= 0.6 is 8.60 Å². The minimum Gasteiger partial charge on any atom is -0.418 e. The predicted molar refractivity (Wildman–Crippen MR) is 138 cm³/mol. The van der Waals surface area contributed by atoms with Crippen molar-refractivity contribution >= 4 is 8.60 Å². The summed E-state index contributed by atoms with van der Waals surface area (Å²) in [4.78, 5) is 10.6. The fourth-order valence-electron chi connectivity index (χ4n) is 3.99. The van der Waals surface area contributed by atoms with Gasteiger partial charge in [0.15, 0.2) is 0 Å². The van der Waals surface area contributed by atoms with Crippen molar-refractivity contribution in [2.45, 2.75) is 105 Å². The van der Waals surface area contributed by atoms with Crippen LogP contribution in [-0.4, -0.2) is 4.89 Å². The summed E-state index contributed by atoms with van der Waals surface area (Å²) >= 11 is 0. The molecule has 0 bridgehead atoms. The largest absolute Gasteiger partial charge is 0.460 e. The zero-order valence-corrected chi connectivity index (χ0v) is 22.3. The van der Waals surface area contributed by atoms with Crippen molar-refractivity contribution in [1.29, 1.82) is 0 Å². The molecule has 0 atom stereocenters. The van der Waals surface area contributed by atoms with Gasteiger partial charge in [-0.15, -0.1) is 0 Å². The van der Waals surface area contributed by atoms with Gasteiger partial charge in [0.05, 0.1) is 0 Å². The molecule has 3 nitrogen and oxygen atoms in total. The van der Waals surface area contributed by atoms with Gasteiger partial charge in [0, 0.05) is 0 Å². The molecule has 0 aliphatic heterocycles. The Bertz CT molecular complexity index is 790. The molecule has 0 fully saturated rings. The van der Waals surface area contributed by atoms with Crippen molar-refractivity contribution in [3.63, 3.8) is 0 Å². The van der Waals surface area contributed by atoms with Gasteiger partial charge in [-0.25, -0.2) is 0 Å². The summed E-state index contributed by atoms with van der Waals surface area (Å²) < 4.78 is 11.7. The van der Waals surface area contributed by atoms with E-state index in [1.54, 1.807) is 0 Å². The van der Waals surface area contributed by atoms with E-state index in [0.29, 0.717) is 11.5 Å². The number of aryl methyl sites for hydroxylation is 2. The summed E-state index contributed by atoms with van der Waals surface area (Å²) in [5.41, 5.74) is 5.26. The first-order valence-corrected chi connectivity index (χ1v) is 13.2. The lowest BCUT2D eigenvalue weighted by Crippen LogP contribution is -2.15. The molecule has 2 aromatic rings. The first-order valence-electron chi connectivity index (χ1n) is 12.1. The summed E-state index contributed by atoms with van der Waals surface area (Å²) in [7, 11) is -2.07. The summed E-state index contributed by atoms with van der Waals surface area (Å²) in [6, 6.07) is 12.3. The third-order valence-corrected chi connectivity index (χ3v) is 6.48. The van der Waals surface area contributed by atoms with Crippen LogP contribution in [0.1, 0.15) is 103 Å². The second-order valence-electron chi connectivity index (χ2n) is 10.8. The van der Waals surface area contributed by atoms with Crippen molar-refractivity contribution in [3.05, 3.63) is 58.7 Å². The molecule has 0 saturated heterocycles. The summed E-state index contributed by atoms with van der Waals surface area (Å²) in [6.45, 7) is 17.7. The summed E-state index contributed by atoms with van der Waals surface area (Å²) in [5, 5.41) is 0. The van der Waals surface area contributed by atoms with Crippen molar-refractivity contribution in [3.8, 4) is 11.5 Å². The lowest BCUT2D eigenvalue weighted by molar-refractivity contribution is 0.380. The third-order valence-electron chi connectivity index (χ3n) is 5.75. The van der Waals surface area contributed by atoms with Crippen LogP contribution in [0.25, 0.3) is 0 Å². The maximum absolute atomic E-state index is 10.6. The Labute approximate surface area is 197 Å². The van der Waals surface area contributed by atoms with E-state index in [1.165, 1.54) is 47.9 Å². The Balaban J connectivity index is 2.19. The minimum atomic E-state index is -2.07. The van der Waals surface area contributed by atoms with Crippen LogP contribution in [0.2, 0.25) is 0 Å². The van der Waals surface area contributed by atoms with Crippen LogP contribution in [0.15, 0.2) is 36.4 Å². The fourth-order valence-corrected chi connectivity index (χ4v) is 4.62. The average molecular weight is 459 g/mol. The zero-order chi connectivity index (χ0) is 23.9. The molecule has 0 aromatic heterocycles. The Kier molecular flexibility index (Phi) is 9.61. The molecular weight excluding hydrogens is 415 g/mol. The van der Waals surface area contributed by atoms with Gasteiger partial charge in [-0.1, -0.05) is 80.4 Å². The molecule has 0 aliphatic carbocycles. The standard InChI is InChI=1S/C28H43O3P/c1-9-11-13-21-15-17-23(19-25(21)27(3,4)5)30-32(29)31-24-18-16-22(14-12-10-2)26(20-24)28(6,7)8/h15-20,29H,9-14H2,1-8H3. The van der Waals surface area contributed by atoms with E-state index >= 15 is 0 Å². The molecule has 32 heavy (non-hydrogen) atoms. The number of unbranched alkanes of at least 4 members (excludes halogenated alkanes) is 2. The highest BCUT2D eigenvalue weighted by atomic mass is 31.2. The molecule has 2 rings (SSSR count). The van der Waals surface area contributed by atoms with Gasteiger partial charge in [0.25, 0.3) is 0 Å². The molecule has 0 spiro atoms. The maximum atomic E-state index is 10.6. The Hall–Kier alpha value is -1.57. The van der Waals surface area contributed by atoms with Gasteiger partial charge >= 0.3 is 8.60 Å². The van der Waals surface area contributed by atoms with E-state index in [4.69, 9.17) is 9.05 Å². The van der Waals surface area contributed by atoms with Gasteiger partial charge in [-0.3, -0.25) is 0 Å². The van der Waals surface area contributed by atoms with E-state index in [1.807, 2.05) is 12.1 Å². The molecule has 0 unspecified atom stereocenters. The SMILES string of the molecule is CCCCc1ccc(OP(O)Oc2ccc(CCCC)c(C(C)(C)C)c2)cc1C(C)(C)C. The second-order valence-corrected chi connectivity index (χ2v) is 11.6. The van der Waals surface area contributed by atoms with Crippen LogP contribution in [0.5, 0.6) is 11.5 Å². The predicted octanol–water partition coefficient (Wildman–Crippen LogP) is 8.64. The van der Waals surface area contributed by atoms with Crippen molar-refractivity contribution in [2.75, 3.05) is 0 Å². The van der Waals surface area contributed by atoms with Crippen molar-refractivity contribution in [1.82, 2.24) is 0 Å². The van der Waals surface area contributed by atoms with E-state index in [2.05, 4.69) is 79.7 Å². The highest BCUT2D eigenvalue weighted by Crippen LogP contribution is 2.40. The van der Waals surface area contributed by atoms with Gasteiger partial charge < -0.3 is 13.9 Å². The van der Waals surface area contributed by atoms with Gasteiger partial charge in [-0.2, -0.15) is 0 Å². The van der Waals surface area contributed by atoms with E-state index in [0.717, 1.165) is 12.8 Å². The van der Waals surface area contributed by atoms with Crippen LogP contribution in [0.3, 0.4) is 0 Å². The van der Waals surface area contributed by atoms with Crippen LogP contribution in [0, 0.1) is 0 Å². The number of benzene rings is 2. The molecule has 0 aliphatic rings. The molecule has 1 N–H and O–H groups in total. The molecule has 0 heterocycles. The van der Waals surface area contributed by atoms with E-state index < -0.39 is 8.60 Å². The van der Waals surface area contributed by atoms with Crippen molar-refractivity contribution < 1.29 is 13.9 Å². The molecule has 0 saturated carbocycles. The minimum absolute atomic E-state index is 0.0114. The summed E-state index contributed by atoms with van der Waals surface area (Å²) in [5.74, 6) is 1.30. The Morgan fingerprint density at radius 1 is 0.688 bits per heavy atom. The first-order chi connectivity index (χ1) is 15.0.